The number of carboxylic acids is 1. The molecule has 2 N–H and O–H groups in total. The van der Waals surface area contributed by atoms with E-state index in [2.05, 4.69) is 0 Å². The van der Waals surface area contributed by atoms with Crippen molar-refractivity contribution < 1.29 is 19.4 Å². The number of aliphatic hydroxyl groups is 1. The van der Waals surface area contributed by atoms with E-state index in [0.29, 0.717) is 0 Å². The molecule has 1 unspecified atom stereocenters. The molecule has 1 rings (SSSR count). The fraction of sp³-hybridized carbons (Fsp3) is 0.222. The Morgan fingerprint density at radius 2 is 2.21 bits per heavy atom. The minimum absolute atomic E-state index is 0.210. The Hall–Kier alpha value is -0.690. The van der Waals surface area contributed by atoms with Crippen LogP contribution in [-0.4, -0.2) is 22.3 Å². The fourth-order valence-corrected chi connectivity index (χ4v) is 1.55. The van der Waals surface area contributed by atoms with Crippen LogP contribution in [0.15, 0.2) is 18.2 Å². The molecule has 3 nitrogen and oxygen atoms in total. The Morgan fingerprint density at radius 1 is 1.57 bits per heavy atom. The quantitative estimate of drug-likeness (QED) is 0.830. The van der Waals surface area contributed by atoms with Crippen LogP contribution >= 0.6 is 22.6 Å². The number of carbonyl (C=O) groups is 1. The average Bonchev–Trinajstić information content (AvgIpc) is 2.11. The van der Waals surface area contributed by atoms with Crippen LogP contribution in [0.4, 0.5) is 4.39 Å². The molecule has 0 heterocycles. The van der Waals surface area contributed by atoms with E-state index in [1.165, 1.54) is 12.1 Å². The van der Waals surface area contributed by atoms with Crippen molar-refractivity contribution in [2.45, 2.75) is 12.5 Å². The van der Waals surface area contributed by atoms with Gasteiger partial charge in [0.25, 0.3) is 0 Å². The molecule has 14 heavy (non-hydrogen) atoms. The monoisotopic (exact) mass is 310 g/mol. The van der Waals surface area contributed by atoms with Crippen LogP contribution < -0.4 is 0 Å². The minimum atomic E-state index is -1.55. The van der Waals surface area contributed by atoms with Gasteiger partial charge in [0.2, 0.25) is 0 Å². The summed E-state index contributed by atoms with van der Waals surface area (Å²) < 4.78 is 13.9. The van der Waals surface area contributed by atoms with Gasteiger partial charge in [-0.3, -0.25) is 0 Å². The van der Waals surface area contributed by atoms with Gasteiger partial charge in [0.05, 0.1) is 0 Å². The summed E-state index contributed by atoms with van der Waals surface area (Å²) >= 11 is 1.99. The predicted molar refractivity (Wildman–Crippen MR) is 56.5 cm³/mol. The summed E-state index contributed by atoms with van der Waals surface area (Å²) in [5, 5.41) is 17.5. The SMILES string of the molecule is O=C(O)C(O)Cc1cc(I)ccc1F. The summed E-state index contributed by atoms with van der Waals surface area (Å²) in [5.74, 6) is -1.84. The molecule has 1 atom stereocenters. The van der Waals surface area contributed by atoms with Crippen LogP contribution in [0.1, 0.15) is 5.56 Å². The number of aliphatic carboxylic acids is 1. The van der Waals surface area contributed by atoms with Gasteiger partial charge in [0.1, 0.15) is 5.82 Å². The zero-order valence-corrected chi connectivity index (χ0v) is 9.23. The highest BCUT2D eigenvalue weighted by Crippen LogP contribution is 2.14. The fourth-order valence-electron chi connectivity index (χ4n) is 0.995. The highest BCUT2D eigenvalue weighted by atomic mass is 127. The predicted octanol–water partition coefficient (Wildman–Crippen LogP) is 1.42. The number of halogens is 2. The summed E-state index contributed by atoms with van der Waals surface area (Å²) in [6.07, 6.45) is -1.76. The van der Waals surface area contributed by atoms with Gasteiger partial charge in [-0.15, -0.1) is 0 Å². The van der Waals surface area contributed by atoms with Gasteiger partial charge in [-0.25, -0.2) is 9.18 Å². The molecule has 0 amide bonds. The van der Waals surface area contributed by atoms with Crippen molar-refractivity contribution >= 4 is 28.6 Å². The molecule has 0 saturated carbocycles. The maximum Gasteiger partial charge on any atom is 0.332 e. The number of hydrogen-bond acceptors (Lipinski definition) is 2. The van der Waals surface area contributed by atoms with Gasteiger partial charge in [-0.1, -0.05) is 0 Å². The van der Waals surface area contributed by atoms with Gasteiger partial charge in [0, 0.05) is 9.99 Å². The maximum atomic E-state index is 13.1. The first-order valence-corrected chi connectivity index (χ1v) is 4.93. The van der Waals surface area contributed by atoms with Gasteiger partial charge in [0.15, 0.2) is 6.10 Å². The van der Waals surface area contributed by atoms with E-state index in [-0.39, 0.29) is 12.0 Å². The van der Waals surface area contributed by atoms with E-state index in [4.69, 9.17) is 10.2 Å². The van der Waals surface area contributed by atoms with Crippen LogP contribution in [0.25, 0.3) is 0 Å². The molecule has 0 spiro atoms. The van der Waals surface area contributed by atoms with Crippen molar-refractivity contribution in [3.63, 3.8) is 0 Å². The van der Waals surface area contributed by atoms with E-state index in [9.17, 15) is 9.18 Å². The number of aliphatic hydroxyl groups excluding tert-OH is 1. The summed E-state index contributed by atoms with van der Waals surface area (Å²) in [5.41, 5.74) is 0.215. The van der Waals surface area contributed by atoms with Gasteiger partial charge in [-0.05, 0) is 46.4 Å². The summed E-state index contributed by atoms with van der Waals surface area (Å²) in [4.78, 5) is 10.3. The second-order valence-electron chi connectivity index (χ2n) is 2.79. The zero-order valence-electron chi connectivity index (χ0n) is 7.08. The molecule has 0 aromatic heterocycles. The molecule has 0 saturated heterocycles. The second-order valence-corrected chi connectivity index (χ2v) is 4.04. The van der Waals surface area contributed by atoms with Crippen LogP contribution in [0, 0.1) is 9.39 Å². The van der Waals surface area contributed by atoms with Crippen molar-refractivity contribution in [3.8, 4) is 0 Å². The summed E-state index contributed by atoms with van der Waals surface area (Å²) in [6.45, 7) is 0. The molecule has 0 aliphatic rings. The Morgan fingerprint density at radius 3 is 2.79 bits per heavy atom. The lowest BCUT2D eigenvalue weighted by molar-refractivity contribution is -0.146. The highest BCUT2D eigenvalue weighted by Gasteiger charge is 2.16. The Kier molecular flexibility index (Phi) is 3.82. The molecule has 0 aliphatic carbocycles. The molecule has 0 bridgehead atoms. The largest absolute Gasteiger partial charge is 0.479 e. The normalized spacial score (nSPS) is 12.5. The Labute approximate surface area is 93.7 Å². The summed E-state index contributed by atoms with van der Waals surface area (Å²) in [7, 11) is 0. The minimum Gasteiger partial charge on any atom is -0.479 e. The van der Waals surface area contributed by atoms with E-state index >= 15 is 0 Å². The van der Waals surface area contributed by atoms with Crippen molar-refractivity contribution in [1.29, 1.82) is 0 Å². The second kappa shape index (κ2) is 4.70. The zero-order chi connectivity index (χ0) is 10.7. The highest BCUT2D eigenvalue weighted by molar-refractivity contribution is 14.1. The van der Waals surface area contributed by atoms with Crippen LogP contribution in [0.3, 0.4) is 0 Å². The van der Waals surface area contributed by atoms with Crippen LogP contribution in [-0.2, 0) is 11.2 Å². The van der Waals surface area contributed by atoms with E-state index in [0.717, 1.165) is 3.57 Å². The van der Waals surface area contributed by atoms with E-state index in [1.54, 1.807) is 6.07 Å². The number of carboxylic acid groups (broad SMARTS) is 1. The first-order chi connectivity index (χ1) is 6.50. The maximum absolute atomic E-state index is 13.1. The van der Waals surface area contributed by atoms with E-state index in [1.807, 2.05) is 22.6 Å². The first-order valence-electron chi connectivity index (χ1n) is 3.85. The van der Waals surface area contributed by atoms with Crippen molar-refractivity contribution in [2.24, 2.45) is 0 Å². The van der Waals surface area contributed by atoms with Crippen LogP contribution in [0.2, 0.25) is 0 Å². The molecule has 1 aromatic rings. The molecule has 1 aromatic carbocycles. The molecular formula is C9H8FIO3. The Bertz CT molecular complexity index is 354. The molecule has 5 heteroatoms. The molecule has 0 aliphatic heterocycles. The average molecular weight is 310 g/mol. The number of rotatable bonds is 3. The standard InChI is InChI=1S/C9H8FIO3/c10-7-2-1-6(11)3-5(7)4-8(12)9(13)14/h1-3,8,12H,4H2,(H,13,14). The third-order valence-corrected chi connectivity index (χ3v) is 2.38. The van der Waals surface area contributed by atoms with E-state index < -0.39 is 17.9 Å². The third kappa shape index (κ3) is 2.91. The number of hydrogen-bond donors (Lipinski definition) is 2. The van der Waals surface area contributed by atoms with Crippen molar-refractivity contribution in [3.05, 3.63) is 33.1 Å². The number of benzene rings is 1. The van der Waals surface area contributed by atoms with Crippen molar-refractivity contribution in [2.75, 3.05) is 0 Å². The first kappa shape index (κ1) is 11.4. The lowest BCUT2D eigenvalue weighted by Crippen LogP contribution is -2.22. The molecule has 0 fully saturated rings. The summed E-state index contributed by atoms with van der Waals surface area (Å²) in [6, 6.07) is 4.35. The van der Waals surface area contributed by atoms with Gasteiger partial charge in [-0.2, -0.15) is 0 Å². The molecular weight excluding hydrogens is 302 g/mol. The topological polar surface area (TPSA) is 57.5 Å². The molecule has 76 valence electrons. The third-order valence-electron chi connectivity index (χ3n) is 1.71. The van der Waals surface area contributed by atoms with Gasteiger partial charge >= 0.3 is 5.97 Å². The van der Waals surface area contributed by atoms with Crippen molar-refractivity contribution in [1.82, 2.24) is 0 Å². The smallest absolute Gasteiger partial charge is 0.332 e. The molecule has 0 radical (unpaired) electrons. The Balaban J connectivity index is 2.85. The van der Waals surface area contributed by atoms with Crippen LogP contribution in [0.5, 0.6) is 0 Å². The lowest BCUT2D eigenvalue weighted by Gasteiger charge is -2.06. The lowest BCUT2D eigenvalue weighted by atomic mass is 10.1. The van der Waals surface area contributed by atoms with Gasteiger partial charge < -0.3 is 10.2 Å².